The summed E-state index contributed by atoms with van der Waals surface area (Å²) in [5, 5.41) is 6.89. The van der Waals surface area contributed by atoms with Crippen molar-refractivity contribution < 1.29 is 13.2 Å². The van der Waals surface area contributed by atoms with Gasteiger partial charge in [-0.15, -0.1) is 0 Å². The lowest BCUT2D eigenvalue weighted by atomic mass is 10.3. The molecular weight excluding hydrogens is 469 g/mol. The Kier molecular flexibility index (Phi) is 6.93. The molecule has 2 aromatic carbocycles. The quantitative estimate of drug-likeness (QED) is 0.443. The molecule has 12 heteroatoms. The Morgan fingerprint density at radius 2 is 1.80 bits per heavy atom. The number of aromatic nitrogens is 2. The molecule has 30 heavy (non-hydrogen) atoms. The molecule has 0 atom stereocenters. The molecule has 3 N–H and O–H groups in total. The first-order chi connectivity index (χ1) is 14.3. The van der Waals surface area contributed by atoms with Gasteiger partial charge < -0.3 is 15.4 Å². The molecule has 0 bridgehead atoms. The van der Waals surface area contributed by atoms with Gasteiger partial charge in [-0.1, -0.05) is 29.3 Å². The van der Waals surface area contributed by atoms with Crippen LogP contribution in [0.25, 0.3) is 0 Å². The lowest BCUT2D eigenvalue weighted by molar-refractivity contribution is 0.397. The van der Waals surface area contributed by atoms with E-state index in [-0.39, 0.29) is 21.7 Å². The van der Waals surface area contributed by atoms with E-state index in [1.807, 2.05) is 0 Å². The monoisotopic (exact) mass is 483 g/mol. The van der Waals surface area contributed by atoms with Crippen molar-refractivity contribution >= 4 is 67.7 Å². The van der Waals surface area contributed by atoms with Gasteiger partial charge in [0.05, 0.1) is 27.7 Å². The fraction of sp³-hybridized carbons (Fsp3) is 0.0556. The summed E-state index contributed by atoms with van der Waals surface area (Å²) in [6.45, 7) is 0. The number of halogens is 2. The van der Waals surface area contributed by atoms with E-state index < -0.39 is 10.0 Å². The average molecular weight is 484 g/mol. The summed E-state index contributed by atoms with van der Waals surface area (Å²) < 4.78 is 32.4. The van der Waals surface area contributed by atoms with E-state index in [2.05, 4.69) is 25.3 Å². The molecule has 0 amide bonds. The summed E-state index contributed by atoms with van der Waals surface area (Å²) in [7, 11) is -2.42. The highest BCUT2D eigenvalue weighted by Crippen LogP contribution is 2.29. The zero-order valence-electron chi connectivity index (χ0n) is 15.4. The summed E-state index contributed by atoms with van der Waals surface area (Å²) in [5.74, 6) is 0.330. The number of nitrogens with zero attached hydrogens (tertiary/aromatic N) is 2. The zero-order valence-corrected chi connectivity index (χ0v) is 18.5. The third-order valence-electron chi connectivity index (χ3n) is 3.71. The van der Waals surface area contributed by atoms with E-state index in [0.717, 1.165) is 0 Å². The van der Waals surface area contributed by atoms with E-state index >= 15 is 0 Å². The molecule has 3 aromatic rings. The lowest BCUT2D eigenvalue weighted by Gasteiger charge is -2.13. The first-order valence-corrected chi connectivity index (χ1v) is 10.9. The minimum Gasteiger partial charge on any atom is -0.481 e. The van der Waals surface area contributed by atoms with Gasteiger partial charge in [-0.05, 0) is 48.6 Å². The summed E-state index contributed by atoms with van der Waals surface area (Å²) in [6.07, 6.45) is 1.20. The first-order valence-electron chi connectivity index (χ1n) is 8.29. The Morgan fingerprint density at radius 1 is 1.07 bits per heavy atom. The Balaban J connectivity index is 1.67. The Hall–Kier alpha value is -2.66. The first kappa shape index (κ1) is 22.0. The normalized spacial score (nSPS) is 10.9. The Labute approximate surface area is 188 Å². The predicted molar refractivity (Wildman–Crippen MR) is 122 cm³/mol. The van der Waals surface area contributed by atoms with Crippen LogP contribution in [0.15, 0.2) is 59.8 Å². The fourth-order valence-electron chi connectivity index (χ4n) is 2.31. The summed E-state index contributed by atoms with van der Waals surface area (Å²) in [5.41, 5.74) is 1.12. The molecule has 0 aliphatic rings. The maximum absolute atomic E-state index is 12.5. The molecular formula is C18H15Cl2N5O3S2. The Morgan fingerprint density at radius 3 is 2.50 bits per heavy atom. The van der Waals surface area contributed by atoms with Crippen LogP contribution in [0.3, 0.4) is 0 Å². The second-order valence-corrected chi connectivity index (χ2v) is 8.63. The van der Waals surface area contributed by atoms with Gasteiger partial charge in [0.15, 0.2) is 5.11 Å². The molecule has 0 aliphatic heterocycles. The third kappa shape index (κ3) is 5.48. The number of methoxy groups -OCH3 is 1. The smallest absolute Gasteiger partial charge is 0.263 e. The molecule has 8 nitrogen and oxygen atoms in total. The molecule has 1 heterocycles. The highest BCUT2D eigenvalue weighted by atomic mass is 35.5. The second-order valence-electron chi connectivity index (χ2n) is 5.76. The van der Waals surface area contributed by atoms with Crippen molar-refractivity contribution in [3.05, 3.63) is 64.9 Å². The van der Waals surface area contributed by atoms with Crippen LogP contribution >= 0.6 is 35.4 Å². The van der Waals surface area contributed by atoms with Crippen LogP contribution in [0.5, 0.6) is 5.88 Å². The van der Waals surface area contributed by atoms with Crippen LogP contribution in [-0.2, 0) is 10.0 Å². The van der Waals surface area contributed by atoms with Crippen molar-refractivity contribution in [1.29, 1.82) is 0 Å². The van der Waals surface area contributed by atoms with Gasteiger partial charge in [0.1, 0.15) is 12.1 Å². The van der Waals surface area contributed by atoms with Crippen LogP contribution in [-0.4, -0.2) is 30.6 Å². The highest BCUT2D eigenvalue weighted by molar-refractivity contribution is 7.92. The average Bonchev–Trinajstić information content (AvgIpc) is 2.71. The molecule has 0 saturated heterocycles. The van der Waals surface area contributed by atoms with Gasteiger partial charge >= 0.3 is 0 Å². The fourth-order valence-corrected chi connectivity index (χ4v) is 3.88. The standard InChI is InChI=1S/C18H15Cl2N5O3S2/c1-28-16-9-15(21-10-22-16)25-30(26,27)12-7-5-11(6-8-12)23-18(29)24-14-4-2-3-13(19)17(14)20/h2-10H,1H3,(H,21,22,25)(H2,23,24,29). The molecule has 0 aliphatic carbocycles. The number of benzene rings is 2. The van der Waals surface area contributed by atoms with Crippen molar-refractivity contribution in [2.24, 2.45) is 0 Å². The number of ether oxygens (including phenoxy) is 1. The molecule has 0 saturated carbocycles. The van der Waals surface area contributed by atoms with E-state index in [1.54, 1.807) is 30.3 Å². The number of thiocarbonyl (C=S) groups is 1. The minimum atomic E-state index is -3.85. The summed E-state index contributed by atoms with van der Waals surface area (Å²) in [6, 6.07) is 12.5. The largest absolute Gasteiger partial charge is 0.481 e. The van der Waals surface area contributed by atoms with E-state index in [1.165, 1.54) is 31.6 Å². The topological polar surface area (TPSA) is 105 Å². The van der Waals surface area contributed by atoms with Crippen LogP contribution < -0.4 is 20.1 Å². The van der Waals surface area contributed by atoms with E-state index in [4.69, 9.17) is 40.2 Å². The molecule has 0 spiro atoms. The van der Waals surface area contributed by atoms with E-state index in [9.17, 15) is 8.42 Å². The molecule has 0 radical (unpaired) electrons. The zero-order chi connectivity index (χ0) is 21.7. The third-order valence-corrected chi connectivity index (χ3v) is 6.11. The molecule has 0 unspecified atom stereocenters. The highest BCUT2D eigenvalue weighted by Gasteiger charge is 2.15. The van der Waals surface area contributed by atoms with Crippen molar-refractivity contribution in [1.82, 2.24) is 9.97 Å². The number of hydrogen-bond acceptors (Lipinski definition) is 6. The van der Waals surface area contributed by atoms with Crippen LogP contribution in [0, 0.1) is 0 Å². The number of anilines is 3. The van der Waals surface area contributed by atoms with Gasteiger partial charge in [0.25, 0.3) is 10.0 Å². The molecule has 1 aromatic heterocycles. The van der Waals surface area contributed by atoms with Crippen LogP contribution in [0.2, 0.25) is 10.0 Å². The summed E-state index contributed by atoms with van der Waals surface area (Å²) in [4.78, 5) is 7.74. The van der Waals surface area contributed by atoms with Gasteiger partial charge in [0.2, 0.25) is 5.88 Å². The van der Waals surface area contributed by atoms with Gasteiger partial charge in [-0.25, -0.2) is 18.4 Å². The molecule has 3 rings (SSSR count). The number of hydrogen-bond donors (Lipinski definition) is 3. The minimum absolute atomic E-state index is 0.0439. The molecule has 0 fully saturated rings. The van der Waals surface area contributed by atoms with Gasteiger partial charge in [-0.2, -0.15) is 0 Å². The predicted octanol–water partition coefficient (Wildman–Crippen LogP) is 4.40. The SMILES string of the molecule is COc1cc(NS(=O)(=O)c2ccc(NC(=S)Nc3cccc(Cl)c3Cl)cc2)ncn1. The van der Waals surface area contributed by atoms with Crippen molar-refractivity contribution in [3.63, 3.8) is 0 Å². The maximum Gasteiger partial charge on any atom is 0.263 e. The van der Waals surface area contributed by atoms with Crippen LogP contribution in [0.1, 0.15) is 0 Å². The van der Waals surface area contributed by atoms with Gasteiger partial charge in [0, 0.05) is 11.8 Å². The van der Waals surface area contributed by atoms with Crippen molar-refractivity contribution in [2.75, 3.05) is 22.5 Å². The number of nitrogens with one attached hydrogen (secondary N) is 3. The number of sulfonamides is 1. The number of rotatable bonds is 6. The van der Waals surface area contributed by atoms with Gasteiger partial charge in [-0.3, -0.25) is 4.72 Å². The van der Waals surface area contributed by atoms with Crippen LogP contribution in [0.4, 0.5) is 17.2 Å². The summed E-state index contributed by atoms with van der Waals surface area (Å²) >= 11 is 17.4. The Bertz CT molecular complexity index is 1170. The lowest BCUT2D eigenvalue weighted by Crippen LogP contribution is -2.19. The van der Waals surface area contributed by atoms with Crippen molar-refractivity contribution in [2.45, 2.75) is 4.90 Å². The van der Waals surface area contributed by atoms with Crippen molar-refractivity contribution in [3.8, 4) is 5.88 Å². The molecule has 156 valence electrons. The maximum atomic E-state index is 12.5. The van der Waals surface area contributed by atoms with E-state index in [0.29, 0.717) is 21.4 Å². The second kappa shape index (κ2) is 9.43.